The third-order valence-electron chi connectivity index (χ3n) is 3.65. The van der Waals surface area contributed by atoms with Gasteiger partial charge in [-0.05, 0) is 18.6 Å². The average Bonchev–Trinajstić information content (AvgIpc) is 2.97. The molecule has 0 bridgehead atoms. The topological polar surface area (TPSA) is 93.1 Å². The molecule has 1 atom stereocenters. The van der Waals surface area contributed by atoms with Gasteiger partial charge in [-0.2, -0.15) is 4.31 Å². The monoisotopic (exact) mass is 313 g/mol. The molecular weight excluding hydrogens is 298 g/mol. The standard InChI is InChI=1S/C13H15NO6S/c15-13(16)9-3-4-14(8-9)21(17,18)10-1-2-11-12(7-10)20-6-5-19-11/h1-2,7,9H,3-6,8H2,(H,15,16)/t9-/m1/s1. The summed E-state index contributed by atoms with van der Waals surface area (Å²) in [6, 6.07) is 4.45. The van der Waals surface area contributed by atoms with Crippen LogP contribution in [0.5, 0.6) is 11.5 Å². The maximum absolute atomic E-state index is 12.5. The highest BCUT2D eigenvalue weighted by Crippen LogP contribution is 2.34. The molecule has 1 fully saturated rings. The second kappa shape index (κ2) is 5.19. The number of ether oxygens (including phenoxy) is 2. The summed E-state index contributed by atoms with van der Waals surface area (Å²) in [5.74, 6) is -0.687. The van der Waals surface area contributed by atoms with Crippen LogP contribution in [0.25, 0.3) is 0 Å². The Labute approximate surface area is 122 Å². The van der Waals surface area contributed by atoms with Crippen molar-refractivity contribution >= 4 is 16.0 Å². The van der Waals surface area contributed by atoms with Gasteiger partial charge < -0.3 is 14.6 Å². The molecule has 0 aliphatic carbocycles. The van der Waals surface area contributed by atoms with Gasteiger partial charge in [-0.15, -0.1) is 0 Å². The lowest BCUT2D eigenvalue weighted by atomic mass is 10.1. The zero-order valence-electron chi connectivity index (χ0n) is 11.2. The van der Waals surface area contributed by atoms with Crippen LogP contribution in [0.15, 0.2) is 23.1 Å². The maximum Gasteiger partial charge on any atom is 0.307 e. The Bertz CT molecular complexity index is 671. The van der Waals surface area contributed by atoms with Crippen LogP contribution in [-0.4, -0.2) is 50.1 Å². The number of carbonyl (C=O) groups is 1. The molecule has 2 heterocycles. The van der Waals surface area contributed by atoms with Crippen LogP contribution < -0.4 is 9.47 Å². The van der Waals surface area contributed by atoms with Crippen molar-refractivity contribution in [1.29, 1.82) is 0 Å². The Hall–Kier alpha value is -1.80. The zero-order valence-corrected chi connectivity index (χ0v) is 12.0. The first kappa shape index (κ1) is 14.2. The van der Waals surface area contributed by atoms with Gasteiger partial charge in [-0.1, -0.05) is 0 Å². The van der Waals surface area contributed by atoms with E-state index < -0.39 is 21.9 Å². The fourth-order valence-corrected chi connectivity index (χ4v) is 4.00. The van der Waals surface area contributed by atoms with Gasteiger partial charge in [-0.3, -0.25) is 4.79 Å². The van der Waals surface area contributed by atoms with Crippen molar-refractivity contribution in [3.8, 4) is 11.5 Å². The number of rotatable bonds is 3. The van der Waals surface area contributed by atoms with E-state index in [0.717, 1.165) is 0 Å². The smallest absolute Gasteiger partial charge is 0.307 e. The number of nitrogens with zero attached hydrogens (tertiary/aromatic N) is 1. The number of hydrogen-bond acceptors (Lipinski definition) is 5. The van der Waals surface area contributed by atoms with Crippen molar-refractivity contribution in [2.75, 3.05) is 26.3 Å². The normalized spacial score (nSPS) is 22.2. The molecule has 114 valence electrons. The molecule has 2 aliphatic heterocycles. The number of carboxylic acid groups (broad SMARTS) is 1. The third kappa shape index (κ3) is 2.56. The first-order valence-electron chi connectivity index (χ1n) is 6.61. The van der Waals surface area contributed by atoms with Crippen molar-refractivity contribution in [3.63, 3.8) is 0 Å². The zero-order chi connectivity index (χ0) is 15.0. The molecule has 21 heavy (non-hydrogen) atoms. The molecule has 8 heteroatoms. The van der Waals surface area contributed by atoms with E-state index in [4.69, 9.17) is 14.6 Å². The molecule has 1 saturated heterocycles. The Kier molecular flexibility index (Phi) is 3.50. The van der Waals surface area contributed by atoms with Crippen molar-refractivity contribution in [2.45, 2.75) is 11.3 Å². The van der Waals surface area contributed by atoms with Crippen LogP contribution in [0.3, 0.4) is 0 Å². The molecule has 1 aromatic rings. The molecule has 0 saturated carbocycles. The molecule has 1 aromatic carbocycles. The highest BCUT2D eigenvalue weighted by atomic mass is 32.2. The van der Waals surface area contributed by atoms with E-state index in [1.165, 1.54) is 16.4 Å². The molecule has 2 aliphatic rings. The summed E-state index contributed by atoms with van der Waals surface area (Å²) < 4.78 is 37.0. The van der Waals surface area contributed by atoms with E-state index in [0.29, 0.717) is 31.1 Å². The van der Waals surface area contributed by atoms with Gasteiger partial charge in [0.25, 0.3) is 0 Å². The van der Waals surface area contributed by atoms with Gasteiger partial charge in [-0.25, -0.2) is 8.42 Å². The predicted octanol–water partition coefficient (Wildman–Crippen LogP) is 0.553. The lowest BCUT2D eigenvalue weighted by Gasteiger charge is -2.20. The third-order valence-corrected chi connectivity index (χ3v) is 5.51. The van der Waals surface area contributed by atoms with Gasteiger partial charge in [0, 0.05) is 19.2 Å². The molecule has 3 rings (SSSR count). The van der Waals surface area contributed by atoms with Gasteiger partial charge >= 0.3 is 5.97 Å². The van der Waals surface area contributed by atoms with E-state index in [2.05, 4.69) is 0 Å². The Morgan fingerprint density at radius 3 is 2.62 bits per heavy atom. The van der Waals surface area contributed by atoms with E-state index in [-0.39, 0.29) is 18.0 Å². The van der Waals surface area contributed by atoms with Gasteiger partial charge in [0.2, 0.25) is 10.0 Å². The molecule has 0 unspecified atom stereocenters. The summed E-state index contributed by atoms with van der Waals surface area (Å²) in [5.41, 5.74) is 0. The minimum Gasteiger partial charge on any atom is -0.486 e. The lowest BCUT2D eigenvalue weighted by Crippen LogP contribution is -2.30. The quantitative estimate of drug-likeness (QED) is 0.876. The molecule has 1 N–H and O–H groups in total. The number of fused-ring (bicyclic) bond motifs is 1. The minimum absolute atomic E-state index is 0.00606. The number of sulfonamides is 1. The first-order valence-corrected chi connectivity index (χ1v) is 8.05. The second-order valence-corrected chi connectivity index (χ2v) is 6.93. The molecular formula is C13H15NO6S. The van der Waals surface area contributed by atoms with Crippen LogP contribution in [0, 0.1) is 5.92 Å². The number of aliphatic carboxylic acids is 1. The summed E-state index contributed by atoms with van der Waals surface area (Å²) >= 11 is 0. The van der Waals surface area contributed by atoms with Crippen LogP contribution in [0.2, 0.25) is 0 Å². The Balaban J connectivity index is 1.87. The van der Waals surface area contributed by atoms with E-state index in [1.54, 1.807) is 6.07 Å². The van der Waals surface area contributed by atoms with Crippen molar-refractivity contribution in [1.82, 2.24) is 4.31 Å². The van der Waals surface area contributed by atoms with E-state index in [1.807, 2.05) is 0 Å². The van der Waals surface area contributed by atoms with Crippen LogP contribution in [-0.2, 0) is 14.8 Å². The largest absolute Gasteiger partial charge is 0.486 e. The van der Waals surface area contributed by atoms with Gasteiger partial charge in [0.05, 0.1) is 10.8 Å². The highest BCUT2D eigenvalue weighted by Gasteiger charge is 2.36. The summed E-state index contributed by atoms with van der Waals surface area (Å²) in [5, 5.41) is 8.97. The number of benzene rings is 1. The Morgan fingerprint density at radius 1 is 1.24 bits per heavy atom. The molecule has 0 radical (unpaired) electrons. The summed E-state index contributed by atoms with van der Waals surface area (Å²) in [6.07, 6.45) is 0.332. The predicted molar refractivity (Wildman–Crippen MR) is 71.9 cm³/mol. The van der Waals surface area contributed by atoms with Crippen molar-refractivity contribution < 1.29 is 27.8 Å². The van der Waals surface area contributed by atoms with Crippen molar-refractivity contribution in [3.05, 3.63) is 18.2 Å². The SMILES string of the molecule is O=C(O)[C@@H]1CCN(S(=O)(=O)c2ccc3c(c2)OCCO3)C1. The molecule has 0 aromatic heterocycles. The highest BCUT2D eigenvalue weighted by molar-refractivity contribution is 7.89. The maximum atomic E-state index is 12.5. The van der Waals surface area contributed by atoms with E-state index in [9.17, 15) is 13.2 Å². The van der Waals surface area contributed by atoms with Crippen LogP contribution in [0.1, 0.15) is 6.42 Å². The van der Waals surface area contributed by atoms with Crippen LogP contribution in [0.4, 0.5) is 0 Å². The molecule has 0 amide bonds. The summed E-state index contributed by atoms with van der Waals surface area (Å²) in [6.45, 7) is 1.03. The number of hydrogen-bond donors (Lipinski definition) is 1. The fraction of sp³-hybridized carbons (Fsp3) is 0.462. The summed E-state index contributed by atoms with van der Waals surface area (Å²) in [4.78, 5) is 11.0. The second-order valence-electron chi connectivity index (χ2n) is 4.99. The lowest BCUT2D eigenvalue weighted by molar-refractivity contribution is -0.141. The minimum atomic E-state index is -3.70. The van der Waals surface area contributed by atoms with Gasteiger partial charge in [0.1, 0.15) is 13.2 Å². The fourth-order valence-electron chi connectivity index (χ4n) is 2.48. The number of carboxylic acids is 1. The van der Waals surface area contributed by atoms with E-state index >= 15 is 0 Å². The van der Waals surface area contributed by atoms with Gasteiger partial charge in [0.15, 0.2) is 11.5 Å². The van der Waals surface area contributed by atoms with Crippen molar-refractivity contribution in [2.24, 2.45) is 5.92 Å². The average molecular weight is 313 g/mol. The van der Waals surface area contributed by atoms with Crippen LogP contribution >= 0.6 is 0 Å². The Morgan fingerprint density at radius 2 is 1.95 bits per heavy atom. The molecule has 7 nitrogen and oxygen atoms in total. The first-order chi connectivity index (χ1) is 9.98. The molecule has 0 spiro atoms. The summed E-state index contributed by atoms with van der Waals surface area (Å²) in [7, 11) is -3.70.